The Balaban J connectivity index is 2.01. The third-order valence-corrected chi connectivity index (χ3v) is 3.08. The van der Waals surface area contributed by atoms with Gasteiger partial charge in [-0.25, -0.2) is 4.98 Å². The van der Waals surface area contributed by atoms with Gasteiger partial charge in [-0.15, -0.1) is 0 Å². The lowest BCUT2D eigenvalue weighted by atomic mass is 10.0. The molecule has 0 aliphatic rings. The fourth-order valence-electron chi connectivity index (χ4n) is 2.00. The number of hydrogen-bond acceptors (Lipinski definition) is 4. The molecule has 0 saturated heterocycles. The number of nitrogens with two attached hydrogens (primary N) is 1. The molecule has 106 valence electrons. The summed E-state index contributed by atoms with van der Waals surface area (Å²) >= 11 is 0. The van der Waals surface area contributed by atoms with Gasteiger partial charge < -0.3 is 15.2 Å². The van der Waals surface area contributed by atoms with Crippen LogP contribution in [0, 0.1) is 0 Å². The number of rotatable bonds is 6. The fraction of sp³-hybridized carbons (Fsp3) is 0.312. The van der Waals surface area contributed by atoms with Gasteiger partial charge in [-0.1, -0.05) is 18.2 Å². The summed E-state index contributed by atoms with van der Waals surface area (Å²) in [4.78, 5) is 4.18. The summed E-state index contributed by atoms with van der Waals surface area (Å²) in [6.45, 7) is 2.64. The third kappa shape index (κ3) is 3.71. The highest BCUT2D eigenvalue weighted by Gasteiger charge is 2.08. The lowest BCUT2D eigenvalue weighted by molar-refractivity contribution is 0.340. The standard InChI is InChI=1S/C16H20N2O2/c1-3-20-14-7-5-13(6-8-14)15(17)10-12-4-9-16(19-2)18-11-12/h4-9,11,15H,3,10,17H2,1-2H3. The molecule has 1 heterocycles. The molecule has 1 atom stereocenters. The number of hydrogen-bond donors (Lipinski definition) is 1. The summed E-state index contributed by atoms with van der Waals surface area (Å²) < 4.78 is 10.5. The van der Waals surface area contributed by atoms with Gasteiger partial charge in [0.1, 0.15) is 5.75 Å². The smallest absolute Gasteiger partial charge is 0.212 e. The number of nitrogens with zero attached hydrogens (tertiary/aromatic N) is 1. The average Bonchev–Trinajstić information content (AvgIpc) is 2.49. The molecule has 1 unspecified atom stereocenters. The molecule has 2 N–H and O–H groups in total. The summed E-state index contributed by atoms with van der Waals surface area (Å²) in [5, 5.41) is 0. The predicted octanol–water partition coefficient (Wildman–Crippen LogP) is 2.73. The van der Waals surface area contributed by atoms with E-state index in [0.29, 0.717) is 12.5 Å². The first-order valence-corrected chi connectivity index (χ1v) is 6.70. The first-order valence-electron chi connectivity index (χ1n) is 6.70. The van der Waals surface area contributed by atoms with E-state index in [0.717, 1.165) is 23.3 Å². The van der Waals surface area contributed by atoms with E-state index < -0.39 is 0 Å². The SMILES string of the molecule is CCOc1ccc(C(N)Cc2ccc(OC)nc2)cc1. The molecule has 0 bridgehead atoms. The molecule has 0 fully saturated rings. The number of benzene rings is 1. The van der Waals surface area contributed by atoms with Gasteiger partial charge in [0, 0.05) is 18.3 Å². The topological polar surface area (TPSA) is 57.4 Å². The Kier molecular flexibility index (Phi) is 4.96. The van der Waals surface area contributed by atoms with E-state index in [4.69, 9.17) is 15.2 Å². The van der Waals surface area contributed by atoms with Crippen LogP contribution in [0.4, 0.5) is 0 Å². The van der Waals surface area contributed by atoms with Crippen LogP contribution in [0.25, 0.3) is 0 Å². The van der Waals surface area contributed by atoms with Crippen LogP contribution in [0.15, 0.2) is 42.6 Å². The van der Waals surface area contributed by atoms with Gasteiger partial charge in [-0.3, -0.25) is 0 Å². The van der Waals surface area contributed by atoms with Crippen molar-refractivity contribution in [3.8, 4) is 11.6 Å². The van der Waals surface area contributed by atoms with Crippen molar-refractivity contribution in [2.24, 2.45) is 5.73 Å². The molecule has 1 aromatic carbocycles. The minimum atomic E-state index is -0.0547. The number of pyridine rings is 1. The molecule has 0 amide bonds. The van der Waals surface area contributed by atoms with Gasteiger partial charge in [0.05, 0.1) is 13.7 Å². The van der Waals surface area contributed by atoms with E-state index in [2.05, 4.69) is 4.98 Å². The van der Waals surface area contributed by atoms with Gasteiger partial charge >= 0.3 is 0 Å². The van der Waals surface area contributed by atoms with Crippen LogP contribution in [0.5, 0.6) is 11.6 Å². The van der Waals surface area contributed by atoms with E-state index in [1.807, 2.05) is 43.3 Å². The highest BCUT2D eigenvalue weighted by molar-refractivity contribution is 5.30. The van der Waals surface area contributed by atoms with Crippen molar-refractivity contribution in [1.82, 2.24) is 4.98 Å². The van der Waals surface area contributed by atoms with Gasteiger partial charge in [-0.2, -0.15) is 0 Å². The molecule has 2 rings (SSSR count). The van der Waals surface area contributed by atoms with Crippen molar-refractivity contribution in [2.45, 2.75) is 19.4 Å². The van der Waals surface area contributed by atoms with Gasteiger partial charge in [0.2, 0.25) is 5.88 Å². The summed E-state index contributed by atoms with van der Waals surface area (Å²) in [5.74, 6) is 1.48. The minimum absolute atomic E-state index is 0.0547. The first kappa shape index (κ1) is 14.3. The average molecular weight is 272 g/mol. The quantitative estimate of drug-likeness (QED) is 0.878. The molecule has 1 aromatic heterocycles. The highest BCUT2D eigenvalue weighted by atomic mass is 16.5. The van der Waals surface area contributed by atoms with Crippen LogP contribution in [0.2, 0.25) is 0 Å². The Bertz CT molecular complexity index is 523. The van der Waals surface area contributed by atoms with Crippen molar-refractivity contribution in [3.05, 3.63) is 53.7 Å². The molecule has 20 heavy (non-hydrogen) atoms. The zero-order valence-electron chi connectivity index (χ0n) is 11.9. The molecule has 4 nitrogen and oxygen atoms in total. The number of aromatic nitrogens is 1. The molecule has 0 aliphatic heterocycles. The highest BCUT2D eigenvalue weighted by Crippen LogP contribution is 2.20. The van der Waals surface area contributed by atoms with Crippen LogP contribution < -0.4 is 15.2 Å². The fourth-order valence-corrected chi connectivity index (χ4v) is 2.00. The van der Waals surface area contributed by atoms with Crippen molar-refractivity contribution < 1.29 is 9.47 Å². The molecule has 4 heteroatoms. The predicted molar refractivity (Wildman–Crippen MR) is 79.0 cm³/mol. The maximum absolute atomic E-state index is 6.22. The van der Waals surface area contributed by atoms with Crippen LogP contribution in [-0.2, 0) is 6.42 Å². The molecular weight excluding hydrogens is 252 g/mol. The summed E-state index contributed by atoms with van der Waals surface area (Å²) in [6, 6.07) is 11.7. The van der Waals surface area contributed by atoms with E-state index in [9.17, 15) is 0 Å². The first-order chi connectivity index (χ1) is 9.72. The van der Waals surface area contributed by atoms with E-state index in [-0.39, 0.29) is 6.04 Å². The van der Waals surface area contributed by atoms with E-state index in [1.54, 1.807) is 13.3 Å². The van der Waals surface area contributed by atoms with Crippen molar-refractivity contribution >= 4 is 0 Å². The minimum Gasteiger partial charge on any atom is -0.494 e. The Morgan fingerprint density at radius 2 is 1.90 bits per heavy atom. The Morgan fingerprint density at radius 1 is 1.15 bits per heavy atom. The lowest BCUT2D eigenvalue weighted by Gasteiger charge is -2.13. The Labute approximate surface area is 119 Å². The molecular formula is C16H20N2O2. The largest absolute Gasteiger partial charge is 0.494 e. The van der Waals surface area contributed by atoms with Crippen molar-refractivity contribution in [2.75, 3.05) is 13.7 Å². The number of ether oxygens (including phenoxy) is 2. The normalized spacial score (nSPS) is 11.9. The van der Waals surface area contributed by atoms with Gasteiger partial charge in [0.15, 0.2) is 0 Å². The molecule has 0 aliphatic carbocycles. The summed E-state index contributed by atoms with van der Waals surface area (Å²) in [6.07, 6.45) is 2.54. The zero-order valence-corrected chi connectivity index (χ0v) is 11.9. The van der Waals surface area contributed by atoms with Crippen molar-refractivity contribution in [1.29, 1.82) is 0 Å². The molecule has 2 aromatic rings. The molecule has 0 radical (unpaired) electrons. The van der Waals surface area contributed by atoms with Gasteiger partial charge in [0.25, 0.3) is 0 Å². The molecule has 0 saturated carbocycles. The monoisotopic (exact) mass is 272 g/mol. The Morgan fingerprint density at radius 3 is 2.45 bits per heavy atom. The van der Waals surface area contributed by atoms with Crippen LogP contribution in [0.3, 0.4) is 0 Å². The van der Waals surface area contributed by atoms with Crippen LogP contribution in [-0.4, -0.2) is 18.7 Å². The summed E-state index contributed by atoms with van der Waals surface area (Å²) in [7, 11) is 1.60. The van der Waals surface area contributed by atoms with E-state index in [1.165, 1.54) is 0 Å². The van der Waals surface area contributed by atoms with Crippen molar-refractivity contribution in [3.63, 3.8) is 0 Å². The van der Waals surface area contributed by atoms with E-state index >= 15 is 0 Å². The lowest BCUT2D eigenvalue weighted by Crippen LogP contribution is -2.13. The summed E-state index contributed by atoms with van der Waals surface area (Å²) in [5.41, 5.74) is 8.40. The van der Waals surface area contributed by atoms with Gasteiger partial charge in [-0.05, 0) is 36.6 Å². The van der Waals surface area contributed by atoms with Crippen LogP contribution in [0.1, 0.15) is 24.1 Å². The van der Waals surface area contributed by atoms with Crippen LogP contribution >= 0.6 is 0 Å². The Hall–Kier alpha value is -2.07. The molecule has 0 spiro atoms. The third-order valence-electron chi connectivity index (χ3n) is 3.08. The zero-order chi connectivity index (χ0) is 14.4. The second kappa shape index (κ2) is 6.91. The maximum Gasteiger partial charge on any atom is 0.212 e. The maximum atomic E-state index is 6.22. The second-order valence-electron chi connectivity index (χ2n) is 4.52. The number of methoxy groups -OCH3 is 1. The second-order valence-corrected chi connectivity index (χ2v) is 4.52.